The first kappa shape index (κ1) is 21.4. The number of thioether (sulfide) groups is 3. The van der Waals surface area contributed by atoms with Crippen LogP contribution in [-0.4, -0.2) is 90.0 Å². The Morgan fingerprint density at radius 1 is 1.57 bits per heavy atom. The Labute approximate surface area is 174 Å². The van der Waals surface area contributed by atoms with Gasteiger partial charge in [-0.1, -0.05) is 11.8 Å². The van der Waals surface area contributed by atoms with Crippen molar-refractivity contribution in [3.05, 3.63) is 11.3 Å². The molecule has 1 fully saturated rings. The van der Waals surface area contributed by atoms with Crippen molar-refractivity contribution in [2.75, 3.05) is 36.9 Å². The zero-order chi connectivity index (χ0) is 20.3. The van der Waals surface area contributed by atoms with E-state index >= 15 is 0 Å². The number of β-lactam (4-membered cyclic amide) rings is 1. The zero-order valence-electron chi connectivity index (χ0n) is 15.3. The first-order chi connectivity index (χ1) is 13.5. The minimum atomic E-state index is -1.43. The van der Waals surface area contributed by atoms with Crippen molar-refractivity contribution in [1.29, 1.82) is 0 Å². The molecule has 3 rings (SSSR count). The Balaban J connectivity index is 1.74. The highest BCUT2D eigenvalue weighted by Crippen LogP contribution is 2.47. The molecule has 4 N–H and O–H groups in total. The number of methoxy groups -OCH3 is 1. The summed E-state index contributed by atoms with van der Waals surface area (Å²) in [4.78, 5) is 26.5. The van der Waals surface area contributed by atoms with Crippen molar-refractivity contribution in [3.8, 4) is 0 Å². The molecule has 0 aromatic carbocycles. The molecule has 2 aliphatic rings. The number of nitrogens with one attached hydrogen (secondary N) is 1. The van der Waals surface area contributed by atoms with Gasteiger partial charge in [0.15, 0.2) is 0 Å². The highest BCUT2D eigenvalue weighted by molar-refractivity contribution is 8.01. The smallest absolute Gasteiger partial charge is 0.284 e. The number of rotatable bonds is 9. The highest BCUT2D eigenvalue weighted by atomic mass is 32.2. The van der Waals surface area contributed by atoms with Gasteiger partial charge < -0.3 is 20.9 Å². The summed E-state index contributed by atoms with van der Waals surface area (Å²) in [6.45, 7) is -0.285. The summed E-state index contributed by atoms with van der Waals surface area (Å²) >= 11 is 4.15. The number of hydrogen-bond donors (Lipinski definition) is 3. The van der Waals surface area contributed by atoms with Gasteiger partial charge in [-0.05, 0) is 16.0 Å². The van der Waals surface area contributed by atoms with Crippen molar-refractivity contribution in [2.45, 2.75) is 16.3 Å². The van der Waals surface area contributed by atoms with Crippen LogP contribution in [0.25, 0.3) is 0 Å². The minimum Gasteiger partial charge on any atom is -0.390 e. The molecule has 2 aliphatic heterocycles. The molecule has 3 heterocycles. The number of aliphatic hydroxyl groups excluding tert-OH is 1. The summed E-state index contributed by atoms with van der Waals surface area (Å²) in [5.41, 5.74) is 5.43. The van der Waals surface area contributed by atoms with Crippen LogP contribution >= 0.6 is 35.3 Å². The molecule has 0 radical (unpaired) electrons. The van der Waals surface area contributed by atoms with Crippen LogP contribution < -0.4 is 11.1 Å². The molecule has 2 atom stereocenters. The number of hydrogen-bond acceptors (Lipinski definition) is 11. The monoisotopic (exact) mass is 447 g/mol. The molecule has 11 nitrogen and oxygen atoms in total. The summed E-state index contributed by atoms with van der Waals surface area (Å²) in [7, 11) is 3.13. The molecule has 0 aliphatic carbocycles. The number of ether oxygens (including phenoxy) is 1. The average molecular weight is 448 g/mol. The predicted molar refractivity (Wildman–Crippen MR) is 106 cm³/mol. The van der Waals surface area contributed by atoms with E-state index < -0.39 is 17.0 Å². The summed E-state index contributed by atoms with van der Waals surface area (Å²) in [5, 5.41) is 24.1. The third kappa shape index (κ3) is 3.76. The fraction of sp³-hybridized carbons (Fsp3) is 0.643. The van der Waals surface area contributed by atoms with E-state index in [0.29, 0.717) is 28.2 Å². The number of aromatic nitrogens is 4. The van der Waals surface area contributed by atoms with Crippen LogP contribution in [0.3, 0.4) is 0 Å². The van der Waals surface area contributed by atoms with E-state index in [4.69, 9.17) is 10.5 Å². The van der Waals surface area contributed by atoms with Gasteiger partial charge in [0.25, 0.3) is 11.6 Å². The Morgan fingerprint density at radius 2 is 2.36 bits per heavy atom. The maximum absolute atomic E-state index is 12.9. The number of aryl methyl sites for hydroxylation is 1. The maximum Gasteiger partial charge on any atom is 0.284 e. The minimum absolute atomic E-state index is 0.141. The van der Waals surface area contributed by atoms with E-state index in [1.807, 2.05) is 0 Å². The van der Waals surface area contributed by atoms with Crippen LogP contribution in [0, 0.1) is 0 Å². The molecule has 2 amide bonds. The molecule has 0 unspecified atom stereocenters. The second-order valence-corrected chi connectivity index (χ2v) is 8.96. The average Bonchev–Trinajstić information content (AvgIpc) is 3.12. The lowest BCUT2D eigenvalue weighted by atomic mass is 9.98. The summed E-state index contributed by atoms with van der Waals surface area (Å²) in [6, 6.07) is 0. The Bertz CT molecular complexity index is 789. The summed E-state index contributed by atoms with van der Waals surface area (Å²) < 4.78 is 7.00. The fourth-order valence-corrected chi connectivity index (χ4v) is 5.84. The van der Waals surface area contributed by atoms with Crippen LogP contribution in [-0.2, 0) is 21.4 Å². The Morgan fingerprint density at radius 3 is 2.96 bits per heavy atom. The van der Waals surface area contributed by atoms with Gasteiger partial charge in [-0.2, -0.15) is 0 Å². The van der Waals surface area contributed by atoms with Crippen LogP contribution in [0.4, 0.5) is 0 Å². The van der Waals surface area contributed by atoms with Crippen LogP contribution in [0.1, 0.15) is 0 Å². The van der Waals surface area contributed by atoms with Crippen LogP contribution in [0.2, 0.25) is 0 Å². The van der Waals surface area contributed by atoms with Crippen LogP contribution in [0.5, 0.6) is 0 Å². The normalized spacial score (nSPS) is 24.2. The van der Waals surface area contributed by atoms with E-state index in [9.17, 15) is 14.7 Å². The molecule has 14 heteroatoms. The van der Waals surface area contributed by atoms with Gasteiger partial charge in [-0.3, -0.25) is 14.5 Å². The number of fused-ring (bicyclic) bond motifs is 1. The topological polar surface area (TPSA) is 148 Å². The Hall–Kier alpha value is -1.32. The first-order valence-electron chi connectivity index (χ1n) is 8.24. The maximum atomic E-state index is 12.9. The first-order valence-corrected chi connectivity index (χ1v) is 11.4. The Kier molecular flexibility index (Phi) is 6.88. The second kappa shape index (κ2) is 9.00. The van der Waals surface area contributed by atoms with E-state index in [2.05, 4.69) is 20.8 Å². The summed E-state index contributed by atoms with van der Waals surface area (Å²) in [6.07, 6.45) is 0. The third-order valence-electron chi connectivity index (χ3n) is 4.34. The van der Waals surface area contributed by atoms with Gasteiger partial charge >= 0.3 is 0 Å². The molecule has 0 bridgehead atoms. The van der Waals surface area contributed by atoms with Crippen molar-refractivity contribution < 1.29 is 19.4 Å². The van der Waals surface area contributed by atoms with Gasteiger partial charge in [0.1, 0.15) is 5.37 Å². The molecule has 1 aromatic rings. The molecule has 0 saturated carbocycles. The number of nitrogens with two attached hydrogens (primary N) is 1. The van der Waals surface area contributed by atoms with Gasteiger partial charge in [-0.15, -0.1) is 28.6 Å². The number of carbonyl (C=O) groups excluding carboxylic acids is 2. The zero-order valence-corrected chi connectivity index (χ0v) is 17.8. The predicted octanol–water partition coefficient (Wildman–Crippen LogP) is -1.43. The highest BCUT2D eigenvalue weighted by Gasteiger charge is 2.65. The third-order valence-corrected chi connectivity index (χ3v) is 7.51. The van der Waals surface area contributed by atoms with E-state index in [1.54, 1.807) is 11.7 Å². The van der Waals surface area contributed by atoms with Gasteiger partial charge in [0.2, 0.25) is 11.1 Å². The van der Waals surface area contributed by atoms with E-state index in [-0.39, 0.29) is 18.3 Å². The summed E-state index contributed by atoms with van der Waals surface area (Å²) in [5.74, 6) is 0.851. The van der Waals surface area contributed by atoms with Gasteiger partial charge in [-0.25, -0.2) is 4.68 Å². The van der Waals surface area contributed by atoms with Crippen LogP contribution in [0.15, 0.2) is 16.4 Å². The molecule has 28 heavy (non-hydrogen) atoms. The lowest BCUT2D eigenvalue weighted by Gasteiger charge is -2.56. The lowest BCUT2D eigenvalue weighted by Crippen LogP contribution is -2.80. The van der Waals surface area contributed by atoms with Crippen molar-refractivity contribution in [2.24, 2.45) is 12.8 Å². The van der Waals surface area contributed by atoms with E-state index in [1.165, 1.54) is 47.3 Å². The largest absolute Gasteiger partial charge is 0.390 e. The van der Waals surface area contributed by atoms with Crippen molar-refractivity contribution in [1.82, 2.24) is 30.4 Å². The number of aliphatic hydroxyl groups is 1. The molecule has 1 aromatic heterocycles. The SMILES string of the molecule is CO[C@@]1(NC(=O)CSCN)C(=O)N2C(CO)=C(CSc3nnnn3C)CS[C@@H]21. The number of nitrogens with zero attached hydrogens (tertiary/aromatic N) is 5. The number of tetrazole rings is 1. The molecule has 1 saturated heterocycles. The molecular weight excluding hydrogens is 426 g/mol. The second-order valence-electron chi connectivity index (χ2n) is 5.92. The van der Waals surface area contributed by atoms with Crippen molar-refractivity contribution >= 4 is 47.1 Å². The number of carbonyl (C=O) groups is 2. The fourth-order valence-electron chi connectivity index (χ4n) is 2.95. The quantitative estimate of drug-likeness (QED) is 0.232. The van der Waals surface area contributed by atoms with Gasteiger partial charge in [0.05, 0.1) is 12.4 Å². The lowest BCUT2D eigenvalue weighted by molar-refractivity contribution is -0.191. The van der Waals surface area contributed by atoms with Gasteiger partial charge in [0, 0.05) is 37.2 Å². The molecule has 154 valence electrons. The number of amides is 2. The molecule has 0 spiro atoms. The molecular formula is C14H21N7O4S3. The van der Waals surface area contributed by atoms with E-state index in [0.717, 1.165) is 5.57 Å². The standard InChI is InChI=1S/C14H21N7O4S3/c1-20-13(17-18-19-20)28-5-8-4-27-12-14(25-2,16-10(23)6-26-7-15)11(24)21(12)9(8)3-22/h12,22H,3-7,15H2,1-2H3,(H,16,23)/t12-,14+/m1/s1. The van der Waals surface area contributed by atoms with Crippen molar-refractivity contribution in [3.63, 3.8) is 0 Å².